The number of hydrogen-bond acceptors (Lipinski definition) is 5. The Kier molecular flexibility index (Phi) is 4.30. The van der Waals surface area contributed by atoms with E-state index in [2.05, 4.69) is 9.52 Å². The number of rotatable bonds is 5. The normalized spacial score (nSPS) is 20.0. The maximum atomic E-state index is 11.0. The summed E-state index contributed by atoms with van der Waals surface area (Å²) in [5, 5.41) is 16.1. The van der Waals surface area contributed by atoms with Crippen LogP contribution in [0.25, 0.3) is 0 Å². The predicted molar refractivity (Wildman–Crippen MR) is 66.4 cm³/mol. The third-order valence-electron chi connectivity index (χ3n) is 2.09. The monoisotopic (exact) mass is 274 g/mol. The van der Waals surface area contributed by atoms with Gasteiger partial charge >= 0.3 is 5.97 Å². The molecule has 100 valence electrons. The van der Waals surface area contributed by atoms with Crippen LogP contribution < -0.4 is 5.73 Å². The smallest absolute Gasteiger partial charge is 0.309 e. The topological polar surface area (TPSA) is 138 Å². The highest BCUT2D eigenvalue weighted by Gasteiger charge is 2.28. The Labute approximate surface area is 106 Å². The van der Waals surface area contributed by atoms with Crippen LogP contribution in [0, 0.1) is 5.41 Å². The second-order valence-corrected chi connectivity index (χ2v) is 5.66. The zero-order chi connectivity index (χ0) is 13.9. The van der Waals surface area contributed by atoms with Crippen LogP contribution in [-0.4, -0.2) is 39.2 Å². The molecule has 0 aromatic heterocycles. The first-order chi connectivity index (χ1) is 8.22. The number of carbonyl (C=O) groups excluding carboxylic acids is 1. The van der Waals surface area contributed by atoms with Crippen molar-refractivity contribution < 1.29 is 19.5 Å². The van der Waals surface area contributed by atoms with Gasteiger partial charge in [0.15, 0.2) is 10.8 Å². The van der Waals surface area contributed by atoms with E-state index >= 15 is 0 Å². The third-order valence-corrected chi connectivity index (χ3v) is 3.49. The van der Waals surface area contributed by atoms with Crippen molar-refractivity contribution in [1.29, 1.82) is 5.41 Å². The summed E-state index contributed by atoms with van der Waals surface area (Å²) < 4.78 is 3.75. The second kappa shape index (κ2) is 5.36. The van der Waals surface area contributed by atoms with Gasteiger partial charge in [-0.2, -0.15) is 0 Å². The lowest BCUT2D eigenvalue weighted by Gasteiger charge is -2.16. The molecule has 4 N–H and O–H groups in total. The molecule has 1 amide bonds. The minimum absolute atomic E-state index is 0.0495. The number of primary amides is 1. The molecular formula is C9H14N4O4S. The Hall–Kier alpha value is -1.61. The van der Waals surface area contributed by atoms with Crippen molar-refractivity contribution in [3.63, 3.8) is 0 Å². The molecule has 1 aliphatic heterocycles. The van der Waals surface area contributed by atoms with E-state index in [1.165, 1.54) is 13.8 Å². The quantitative estimate of drug-likeness (QED) is 0.600. The molecule has 1 atom stereocenters. The molecule has 1 rings (SSSR count). The molecule has 1 aliphatic rings. The summed E-state index contributed by atoms with van der Waals surface area (Å²) in [4.78, 5) is 30.3. The van der Waals surface area contributed by atoms with E-state index < -0.39 is 28.2 Å². The van der Waals surface area contributed by atoms with Gasteiger partial charge in [0.2, 0.25) is 0 Å². The van der Waals surface area contributed by atoms with Crippen molar-refractivity contribution in [2.24, 2.45) is 15.3 Å². The first-order valence-electron chi connectivity index (χ1n) is 4.99. The number of aliphatic carboxylic acids is 1. The summed E-state index contributed by atoms with van der Waals surface area (Å²) in [7, 11) is -0.970. The SMILES string of the molecule is CC(C)(ON=S1CC(CC(=O)O)=NC1=N)C(N)=O. The molecule has 0 bridgehead atoms. The van der Waals surface area contributed by atoms with Gasteiger partial charge < -0.3 is 10.8 Å². The minimum atomic E-state index is -1.26. The van der Waals surface area contributed by atoms with Gasteiger partial charge in [-0.25, -0.2) is 9.83 Å². The highest BCUT2D eigenvalue weighted by molar-refractivity contribution is 8.03. The zero-order valence-electron chi connectivity index (χ0n) is 9.97. The van der Waals surface area contributed by atoms with E-state index in [1.807, 2.05) is 0 Å². The minimum Gasteiger partial charge on any atom is -0.481 e. The molecule has 1 heterocycles. The predicted octanol–water partition coefficient (Wildman–Crippen LogP) is -0.152. The van der Waals surface area contributed by atoms with Crippen LogP contribution in [0.1, 0.15) is 20.3 Å². The number of carbonyl (C=O) groups is 2. The molecular weight excluding hydrogens is 260 g/mol. The molecule has 0 saturated heterocycles. The van der Waals surface area contributed by atoms with Crippen LogP contribution in [0.15, 0.2) is 9.52 Å². The summed E-state index contributed by atoms with van der Waals surface area (Å²) in [5.41, 5.74) is 4.22. The average molecular weight is 274 g/mol. The van der Waals surface area contributed by atoms with Gasteiger partial charge in [-0.1, -0.05) is 0 Å². The molecule has 18 heavy (non-hydrogen) atoms. The zero-order valence-corrected chi connectivity index (χ0v) is 10.8. The van der Waals surface area contributed by atoms with Crippen molar-refractivity contribution in [3.05, 3.63) is 0 Å². The van der Waals surface area contributed by atoms with Crippen LogP contribution in [0.5, 0.6) is 0 Å². The highest BCUT2D eigenvalue weighted by atomic mass is 32.2. The van der Waals surface area contributed by atoms with E-state index in [4.69, 9.17) is 21.1 Å². The fraction of sp³-hybridized carbons (Fsp3) is 0.556. The number of carboxylic acid groups (broad SMARTS) is 1. The van der Waals surface area contributed by atoms with E-state index in [0.717, 1.165) is 0 Å². The number of amidine groups is 1. The van der Waals surface area contributed by atoms with Crippen molar-refractivity contribution >= 4 is 33.4 Å². The maximum absolute atomic E-state index is 11.0. The molecule has 0 radical (unpaired) electrons. The van der Waals surface area contributed by atoms with Crippen LogP contribution in [0.4, 0.5) is 0 Å². The molecule has 0 fully saturated rings. The molecule has 0 aliphatic carbocycles. The van der Waals surface area contributed by atoms with E-state index in [9.17, 15) is 9.59 Å². The Morgan fingerprint density at radius 2 is 2.28 bits per heavy atom. The van der Waals surface area contributed by atoms with E-state index in [0.29, 0.717) is 5.71 Å². The Bertz CT molecular complexity index is 469. The fourth-order valence-corrected chi connectivity index (χ4v) is 2.22. The van der Waals surface area contributed by atoms with Gasteiger partial charge in [-0.05, 0) is 13.8 Å². The summed E-state index contributed by atoms with van der Waals surface area (Å²) in [6.07, 6.45) is -0.222. The van der Waals surface area contributed by atoms with Crippen molar-refractivity contribution in [3.8, 4) is 0 Å². The van der Waals surface area contributed by atoms with Gasteiger partial charge in [-0.15, -0.1) is 4.53 Å². The van der Waals surface area contributed by atoms with Crippen molar-refractivity contribution in [2.75, 3.05) is 5.75 Å². The summed E-state index contributed by atoms with van der Waals surface area (Å²) in [5.74, 6) is -1.45. The summed E-state index contributed by atoms with van der Waals surface area (Å²) in [6.45, 7) is 2.92. The van der Waals surface area contributed by atoms with Crippen LogP contribution in [0.3, 0.4) is 0 Å². The molecule has 0 aromatic rings. The van der Waals surface area contributed by atoms with Gasteiger partial charge in [0.05, 0.1) is 12.2 Å². The Balaban J connectivity index is 2.69. The third kappa shape index (κ3) is 3.70. The second-order valence-electron chi connectivity index (χ2n) is 4.10. The molecule has 9 heteroatoms. The van der Waals surface area contributed by atoms with Crippen LogP contribution in [0.2, 0.25) is 0 Å². The molecule has 1 unspecified atom stereocenters. The van der Waals surface area contributed by atoms with E-state index in [1.54, 1.807) is 0 Å². The maximum Gasteiger partial charge on any atom is 0.309 e. The number of nitrogens with one attached hydrogen (secondary N) is 1. The molecule has 0 saturated carbocycles. The Morgan fingerprint density at radius 1 is 1.67 bits per heavy atom. The number of nitrogens with two attached hydrogens (primary N) is 1. The number of carboxylic acids is 1. The van der Waals surface area contributed by atoms with Gasteiger partial charge in [0.25, 0.3) is 5.91 Å². The number of aliphatic imine (C=N–C) groups is 1. The van der Waals surface area contributed by atoms with Crippen molar-refractivity contribution in [1.82, 2.24) is 0 Å². The van der Waals surface area contributed by atoms with Gasteiger partial charge in [0.1, 0.15) is 0 Å². The lowest BCUT2D eigenvalue weighted by molar-refractivity contribution is -0.138. The lowest BCUT2D eigenvalue weighted by atomic mass is 10.1. The Morgan fingerprint density at radius 3 is 2.78 bits per heavy atom. The fourth-order valence-electron chi connectivity index (χ4n) is 0.965. The summed E-state index contributed by atoms with van der Waals surface area (Å²) in [6, 6.07) is 0. The molecule has 8 nitrogen and oxygen atoms in total. The van der Waals surface area contributed by atoms with Crippen molar-refractivity contribution in [2.45, 2.75) is 25.9 Å². The number of amides is 1. The summed E-state index contributed by atoms with van der Waals surface area (Å²) >= 11 is 0. The van der Waals surface area contributed by atoms with Gasteiger partial charge in [0, 0.05) is 16.4 Å². The van der Waals surface area contributed by atoms with Crippen LogP contribution >= 0.6 is 0 Å². The number of nitrogens with zero attached hydrogens (tertiary/aromatic N) is 2. The number of hydrogen-bond donors (Lipinski definition) is 3. The average Bonchev–Trinajstić information content (AvgIpc) is 2.54. The largest absolute Gasteiger partial charge is 0.481 e. The highest BCUT2D eigenvalue weighted by Crippen LogP contribution is 2.13. The molecule has 0 aromatic carbocycles. The standard InChI is InChI=1S/C9H14N4O4S/c1-9(2,7(10)16)17-13-18-4-5(3-6(14)15)12-8(18)11/h11H,3-4H2,1-2H3,(H2,10,16)(H,14,15). The first-order valence-corrected chi connectivity index (χ1v) is 6.34. The first kappa shape index (κ1) is 14.5. The molecule has 0 spiro atoms. The van der Waals surface area contributed by atoms with Gasteiger partial charge in [-0.3, -0.25) is 15.0 Å². The lowest BCUT2D eigenvalue weighted by Crippen LogP contribution is -2.39. The van der Waals surface area contributed by atoms with Crippen LogP contribution in [-0.2, 0) is 25.1 Å². The van der Waals surface area contributed by atoms with E-state index in [-0.39, 0.29) is 17.3 Å².